The molecule has 0 unspecified atom stereocenters. The molecule has 2 aliphatic rings. The van der Waals surface area contributed by atoms with Crippen LogP contribution in [0, 0.1) is 0 Å². The van der Waals surface area contributed by atoms with Gasteiger partial charge in [-0.25, -0.2) is 9.78 Å². The Hall–Kier alpha value is -1.78. The van der Waals surface area contributed by atoms with Gasteiger partial charge in [0.2, 0.25) is 5.88 Å². The van der Waals surface area contributed by atoms with Crippen molar-refractivity contribution >= 4 is 6.09 Å². The van der Waals surface area contributed by atoms with Crippen molar-refractivity contribution in [3.63, 3.8) is 0 Å². The molecule has 2 fully saturated rings. The number of aromatic nitrogens is 1. The molecule has 0 atom stereocenters. The van der Waals surface area contributed by atoms with Gasteiger partial charge in [0.05, 0.1) is 0 Å². The van der Waals surface area contributed by atoms with Crippen LogP contribution in [0.25, 0.3) is 0 Å². The van der Waals surface area contributed by atoms with Crippen LogP contribution in [0.4, 0.5) is 4.79 Å². The van der Waals surface area contributed by atoms with Crippen molar-refractivity contribution < 1.29 is 14.3 Å². The number of pyridine rings is 1. The van der Waals surface area contributed by atoms with Crippen LogP contribution in [-0.4, -0.2) is 40.8 Å². The van der Waals surface area contributed by atoms with Crippen LogP contribution in [0.5, 0.6) is 5.88 Å². The summed E-state index contributed by atoms with van der Waals surface area (Å²) in [5.41, 5.74) is 0.906. The Morgan fingerprint density at radius 2 is 1.84 bits per heavy atom. The highest BCUT2D eigenvalue weighted by atomic mass is 16.6. The van der Waals surface area contributed by atoms with Gasteiger partial charge in [0.1, 0.15) is 11.7 Å². The van der Waals surface area contributed by atoms with Crippen LogP contribution in [0.3, 0.4) is 0 Å². The Balaban J connectivity index is 1.50. The standard InChI is InChI=1S/C20H30N2O3/c1-20(2,3)25-19(23)22-12-9-17(10-13-22)24-18-14-16(8-11-21-18)15-6-4-5-7-15/h8,11,14-15,17H,4-7,9-10,12-13H2,1-3H3. The molecule has 1 aromatic heterocycles. The van der Waals surface area contributed by atoms with E-state index in [0.29, 0.717) is 19.0 Å². The molecule has 0 spiro atoms. The lowest BCUT2D eigenvalue weighted by molar-refractivity contribution is 0.0123. The molecular weight excluding hydrogens is 316 g/mol. The van der Waals surface area contributed by atoms with E-state index >= 15 is 0 Å². The van der Waals surface area contributed by atoms with Gasteiger partial charge in [0.25, 0.3) is 0 Å². The maximum Gasteiger partial charge on any atom is 0.410 e. The molecule has 1 saturated heterocycles. The summed E-state index contributed by atoms with van der Waals surface area (Å²) in [6.45, 7) is 7.01. The van der Waals surface area contributed by atoms with Crippen molar-refractivity contribution in [2.75, 3.05) is 13.1 Å². The number of amides is 1. The molecule has 3 rings (SSSR count). The smallest absolute Gasteiger partial charge is 0.410 e. The zero-order chi connectivity index (χ0) is 17.9. The molecule has 25 heavy (non-hydrogen) atoms. The SMILES string of the molecule is CC(C)(C)OC(=O)N1CCC(Oc2cc(C3CCCC3)ccn2)CC1. The molecule has 0 radical (unpaired) electrons. The van der Waals surface area contributed by atoms with Crippen LogP contribution in [0.15, 0.2) is 18.3 Å². The monoisotopic (exact) mass is 346 g/mol. The predicted molar refractivity (Wildman–Crippen MR) is 96.9 cm³/mol. The molecule has 5 heteroatoms. The first kappa shape index (κ1) is 18.0. The summed E-state index contributed by atoms with van der Waals surface area (Å²) in [6.07, 6.45) is 8.58. The molecule has 5 nitrogen and oxygen atoms in total. The molecule has 1 amide bonds. The van der Waals surface area contributed by atoms with Crippen molar-refractivity contribution in [3.05, 3.63) is 23.9 Å². The first-order valence-electron chi connectivity index (χ1n) is 9.51. The number of piperidine rings is 1. The Bertz CT molecular complexity index is 583. The lowest BCUT2D eigenvalue weighted by Gasteiger charge is -2.33. The van der Waals surface area contributed by atoms with Crippen molar-refractivity contribution in [2.24, 2.45) is 0 Å². The minimum Gasteiger partial charge on any atom is -0.474 e. The van der Waals surface area contributed by atoms with Gasteiger partial charge in [-0.3, -0.25) is 0 Å². The van der Waals surface area contributed by atoms with E-state index in [-0.39, 0.29) is 12.2 Å². The first-order valence-corrected chi connectivity index (χ1v) is 9.51. The average Bonchev–Trinajstić information content (AvgIpc) is 3.09. The Morgan fingerprint density at radius 3 is 2.48 bits per heavy atom. The molecule has 0 bridgehead atoms. The number of ether oxygens (including phenoxy) is 2. The second-order valence-electron chi connectivity index (χ2n) is 8.19. The van der Waals surface area contributed by atoms with E-state index in [0.717, 1.165) is 18.7 Å². The summed E-state index contributed by atoms with van der Waals surface area (Å²) in [4.78, 5) is 18.3. The highest BCUT2D eigenvalue weighted by Gasteiger charge is 2.28. The van der Waals surface area contributed by atoms with Gasteiger partial charge < -0.3 is 14.4 Å². The van der Waals surface area contributed by atoms with E-state index in [2.05, 4.69) is 17.1 Å². The molecular formula is C20H30N2O3. The fourth-order valence-corrected chi connectivity index (χ4v) is 3.66. The number of carbonyl (C=O) groups is 1. The van der Waals surface area contributed by atoms with Crippen molar-refractivity contribution in [2.45, 2.75) is 76.9 Å². The maximum atomic E-state index is 12.1. The Kier molecular flexibility index (Phi) is 5.50. The predicted octanol–water partition coefficient (Wildman–Crippen LogP) is 4.52. The van der Waals surface area contributed by atoms with E-state index in [4.69, 9.17) is 9.47 Å². The van der Waals surface area contributed by atoms with Crippen molar-refractivity contribution in [3.8, 4) is 5.88 Å². The fraction of sp³-hybridized carbons (Fsp3) is 0.700. The zero-order valence-electron chi connectivity index (χ0n) is 15.7. The number of carbonyl (C=O) groups excluding carboxylic acids is 1. The molecule has 0 aromatic carbocycles. The zero-order valence-corrected chi connectivity index (χ0v) is 15.7. The fourth-order valence-electron chi connectivity index (χ4n) is 3.66. The maximum absolute atomic E-state index is 12.1. The van der Waals surface area contributed by atoms with E-state index in [1.54, 1.807) is 4.90 Å². The molecule has 2 heterocycles. The highest BCUT2D eigenvalue weighted by Crippen LogP contribution is 2.35. The summed E-state index contributed by atoms with van der Waals surface area (Å²) < 4.78 is 11.5. The van der Waals surface area contributed by atoms with Crippen LogP contribution in [0.2, 0.25) is 0 Å². The third-order valence-corrected chi connectivity index (χ3v) is 4.97. The quantitative estimate of drug-likeness (QED) is 0.807. The average molecular weight is 346 g/mol. The number of nitrogens with zero attached hydrogens (tertiary/aromatic N) is 2. The van der Waals surface area contributed by atoms with E-state index in [1.165, 1.54) is 31.2 Å². The van der Waals surface area contributed by atoms with Crippen LogP contribution < -0.4 is 4.74 Å². The number of likely N-dealkylation sites (tertiary alicyclic amines) is 1. The third kappa shape index (κ3) is 5.10. The Labute approximate surface area is 150 Å². The summed E-state index contributed by atoms with van der Waals surface area (Å²) >= 11 is 0. The molecule has 1 saturated carbocycles. The van der Waals surface area contributed by atoms with Gasteiger partial charge >= 0.3 is 6.09 Å². The first-order chi connectivity index (χ1) is 11.9. The third-order valence-electron chi connectivity index (χ3n) is 4.97. The largest absolute Gasteiger partial charge is 0.474 e. The van der Waals surface area contributed by atoms with Gasteiger partial charge in [0.15, 0.2) is 0 Å². The van der Waals surface area contributed by atoms with Gasteiger partial charge in [-0.1, -0.05) is 12.8 Å². The molecule has 1 aliphatic carbocycles. The highest BCUT2D eigenvalue weighted by molar-refractivity contribution is 5.68. The molecule has 1 aromatic rings. The second kappa shape index (κ2) is 7.63. The number of hydrogen-bond acceptors (Lipinski definition) is 4. The van der Waals surface area contributed by atoms with Gasteiger partial charge in [-0.05, 0) is 51.2 Å². The van der Waals surface area contributed by atoms with Crippen molar-refractivity contribution in [1.29, 1.82) is 0 Å². The van der Waals surface area contributed by atoms with Gasteiger partial charge in [-0.2, -0.15) is 0 Å². The van der Waals surface area contributed by atoms with Crippen LogP contribution in [-0.2, 0) is 4.74 Å². The summed E-state index contributed by atoms with van der Waals surface area (Å²) in [6, 6.07) is 4.23. The number of hydrogen-bond donors (Lipinski definition) is 0. The van der Waals surface area contributed by atoms with E-state index < -0.39 is 5.60 Å². The minimum absolute atomic E-state index is 0.116. The molecule has 0 N–H and O–H groups in total. The molecule has 138 valence electrons. The number of rotatable bonds is 3. The van der Waals surface area contributed by atoms with Gasteiger partial charge in [0, 0.05) is 38.2 Å². The lowest BCUT2D eigenvalue weighted by Crippen LogP contribution is -2.44. The van der Waals surface area contributed by atoms with Gasteiger partial charge in [-0.15, -0.1) is 0 Å². The van der Waals surface area contributed by atoms with Crippen LogP contribution >= 0.6 is 0 Å². The summed E-state index contributed by atoms with van der Waals surface area (Å²) in [5, 5.41) is 0. The van der Waals surface area contributed by atoms with E-state index in [9.17, 15) is 4.79 Å². The van der Waals surface area contributed by atoms with Crippen LogP contribution in [0.1, 0.15) is 70.8 Å². The second-order valence-corrected chi connectivity index (χ2v) is 8.19. The summed E-state index contributed by atoms with van der Waals surface area (Å²) in [7, 11) is 0. The Morgan fingerprint density at radius 1 is 1.16 bits per heavy atom. The molecule has 1 aliphatic heterocycles. The topological polar surface area (TPSA) is 51.7 Å². The minimum atomic E-state index is -0.449. The normalized spacial score (nSPS) is 19.9. The van der Waals surface area contributed by atoms with Crippen molar-refractivity contribution in [1.82, 2.24) is 9.88 Å². The lowest BCUT2D eigenvalue weighted by atomic mass is 9.99. The van der Waals surface area contributed by atoms with E-state index in [1.807, 2.05) is 27.0 Å². The summed E-state index contributed by atoms with van der Waals surface area (Å²) in [5.74, 6) is 1.39.